The topological polar surface area (TPSA) is 37.0 Å². The average Bonchev–Trinajstić information content (AvgIpc) is 3.09. The van der Waals surface area contributed by atoms with E-state index in [4.69, 9.17) is 0 Å². The summed E-state index contributed by atoms with van der Waals surface area (Å²) in [6, 6.07) is 1.88. The Bertz CT molecular complexity index is 451. The van der Waals surface area contributed by atoms with Crippen LogP contribution in [0.2, 0.25) is 0 Å². The van der Waals surface area contributed by atoms with Crippen LogP contribution in [0.15, 0.2) is 0 Å². The van der Waals surface area contributed by atoms with Gasteiger partial charge in [-0.3, -0.25) is 0 Å². The summed E-state index contributed by atoms with van der Waals surface area (Å²) in [4.78, 5) is 5.99. The number of thiazole rings is 1. The lowest BCUT2D eigenvalue weighted by molar-refractivity contribution is 0.304. The summed E-state index contributed by atoms with van der Waals surface area (Å²) in [7, 11) is 0. The molecule has 1 aliphatic carbocycles. The van der Waals surface area contributed by atoms with E-state index < -0.39 is 0 Å². The second-order valence-electron chi connectivity index (χ2n) is 6.47. The van der Waals surface area contributed by atoms with Crippen molar-refractivity contribution in [3.05, 3.63) is 15.6 Å². The van der Waals surface area contributed by atoms with E-state index in [9.17, 15) is 0 Å². The van der Waals surface area contributed by atoms with E-state index >= 15 is 0 Å². The zero-order valence-corrected chi connectivity index (χ0v) is 13.7. The Labute approximate surface area is 126 Å². The van der Waals surface area contributed by atoms with E-state index in [2.05, 4.69) is 36.4 Å². The summed E-state index contributed by atoms with van der Waals surface area (Å²) in [6.07, 6.45) is 6.84. The van der Waals surface area contributed by atoms with E-state index in [0.717, 1.165) is 12.0 Å². The van der Waals surface area contributed by atoms with Crippen LogP contribution in [0.4, 0.5) is 0 Å². The van der Waals surface area contributed by atoms with Crippen molar-refractivity contribution in [3.8, 4) is 0 Å². The number of rotatable bonds is 4. The molecule has 2 N–H and O–H groups in total. The first-order valence-corrected chi connectivity index (χ1v) is 8.90. The lowest BCUT2D eigenvalue weighted by atomic mass is 9.92. The molecule has 0 spiro atoms. The molecule has 2 fully saturated rings. The molecule has 20 heavy (non-hydrogen) atoms. The van der Waals surface area contributed by atoms with Gasteiger partial charge >= 0.3 is 0 Å². The third-order valence-electron chi connectivity index (χ3n) is 4.98. The van der Waals surface area contributed by atoms with Gasteiger partial charge in [-0.25, -0.2) is 4.98 Å². The van der Waals surface area contributed by atoms with Crippen molar-refractivity contribution in [1.29, 1.82) is 0 Å². The maximum atomic E-state index is 4.57. The van der Waals surface area contributed by atoms with Crippen LogP contribution in [0.5, 0.6) is 0 Å². The predicted octanol–water partition coefficient (Wildman–Crippen LogP) is 3.33. The Kier molecular flexibility index (Phi) is 4.43. The van der Waals surface area contributed by atoms with Crippen molar-refractivity contribution < 1.29 is 0 Å². The molecule has 0 radical (unpaired) electrons. The zero-order chi connectivity index (χ0) is 14.1. The Morgan fingerprint density at radius 2 is 2.10 bits per heavy atom. The second kappa shape index (κ2) is 6.12. The van der Waals surface area contributed by atoms with Crippen molar-refractivity contribution in [2.75, 3.05) is 6.54 Å². The lowest BCUT2D eigenvalue weighted by Crippen LogP contribution is -2.42. The van der Waals surface area contributed by atoms with Gasteiger partial charge in [0, 0.05) is 23.0 Å². The van der Waals surface area contributed by atoms with Gasteiger partial charge < -0.3 is 10.6 Å². The normalized spacial score (nSPS) is 31.9. The summed E-state index contributed by atoms with van der Waals surface area (Å²) < 4.78 is 0. The zero-order valence-electron chi connectivity index (χ0n) is 12.9. The highest BCUT2D eigenvalue weighted by molar-refractivity contribution is 7.11. The van der Waals surface area contributed by atoms with Crippen LogP contribution < -0.4 is 10.6 Å². The van der Waals surface area contributed by atoms with Crippen LogP contribution in [0.25, 0.3) is 0 Å². The first-order valence-electron chi connectivity index (χ1n) is 8.08. The molecule has 112 valence electrons. The van der Waals surface area contributed by atoms with Gasteiger partial charge in [0.15, 0.2) is 0 Å². The molecule has 4 heteroatoms. The molecule has 1 aromatic rings. The van der Waals surface area contributed by atoms with Gasteiger partial charge in [0.05, 0.1) is 10.7 Å². The summed E-state index contributed by atoms with van der Waals surface area (Å²) in [5.74, 6) is 0.828. The minimum absolute atomic E-state index is 0.438. The van der Waals surface area contributed by atoms with Gasteiger partial charge in [-0.2, -0.15) is 0 Å². The van der Waals surface area contributed by atoms with Gasteiger partial charge in [0.25, 0.3) is 0 Å². The molecule has 4 atom stereocenters. The fourth-order valence-electron chi connectivity index (χ4n) is 4.10. The minimum Gasteiger partial charge on any atom is -0.314 e. The number of nitrogens with zero attached hydrogens (tertiary/aromatic N) is 1. The number of aryl methyl sites for hydroxylation is 2. The van der Waals surface area contributed by atoms with Crippen LogP contribution in [-0.4, -0.2) is 23.6 Å². The fraction of sp³-hybridized carbons (Fsp3) is 0.812. The Morgan fingerprint density at radius 1 is 1.25 bits per heavy atom. The third-order valence-corrected chi connectivity index (χ3v) is 6.24. The molecular weight excluding hydrogens is 266 g/mol. The quantitative estimate of drug-likeness (QED) is 0.894. The largest absolute Gasteiger partial charge is 0.314 e. The molecule has 1 aliphatic heterocycles. The smallest absolute Gasteiger partial charge is 0.0900 e. The molecule has 0 amide bonds. The SMILES string of the molecule is Cc1nc(C)c(C(C)NC2CCCC2C2CCCN2)s1. The van der Waals surface area contributed by atoms with Crippen molar-refractivity contribution >= 4 is 11.3 Å². The highest BCUT2D eigenvalue weighted by atomic mass is 32.1. The maximum Gasteiger partial charge on any atom is 0.0900 e. The van der Waals surface area contributed by atoms with Gasteiger partial charge in [-0.05, 0) is 58.9 Å². The minimum atomic E-state index is 0.438. The molecule has 0 bridgehead atoms. The van der Waals surface area contributed by atoms with E-state index in [1.165, 1.54) is 54.2 Å². The summed E-state index contributed by atoms with van der Waals surface area (Å²) >= 11 is 1.85. The van der Waals surface area contributed by atoms with Gasteiger partial charge in [-0.15, -0.1) is 11.3 Å². The fourth-order valence-corrected chi connectivity index (χ4v) is 5.04. The van der Waals surface area contributed by atoms with E-state index in [-0.39, 0.29) is 0 Å². The van der Waals surface area contributed by atoms with Crippen LogP contribution in [0, 0.1) is 19.8 Å². The van der Waals surface area contributed by atoms with Crippen molar-refractivity contribution in [2.24, 2.45) is 5.92 Å². The highest BCUT2D eigenvalue weighted by Gasteiger charge is 2.35. The molecule has 2 aliphatic rings. The first-order chi connectivity index (χ1) is 9.65. The number of hydrogen-bond acceptors (Lipinski definition) is 4. The van der Waals surface area contributed by atoms with Crippen LogP contribution in [-0.2, 0) is 0 Å². The average molecular weight is 293 g/mol. The second-order valence-corrected chi connectivity index (χ2v) is 7.71. The predicted molar refractivity (Wildman–Crippen MR) is 85.3 cm³/mol. The molecule has 3 rings (SSSR count). The van der Waals surface area contributed by atoms with Crippen molar-refractivity contribution in [1.82, 2.24) is 15.6 Å². The number of nitrogens with one attached hydrogen (secondary N) is 2. The molecule has 1 saturated carbocycles. The van der Waals surface area contributed by atoms with E-state index in [1.807, 2.05) is 11.3 Å². The van der Waals surface area contributed by atoms with Gasteiger partial charge in [-0.1, -0.05) is 6.42 Å². The molecule has 1 saturated heterocycles. The van der Waals surface area contributed by atoms with Crippen molar-refractivity contribution in [2.45, 2.75) is 71.0 Å². The molecule has 2 heterocycles. The van der Waals surface area contributed by atoms with Crippen LogP contribution in [0.1, 0.15) is 60.6 Å². The maximum absolute atomic E-state index is 4.57. The molecule has 3 nitrogen and oxygen atoms in total. The Morgan fingerprint density at radius 3 is 2.75 bits per heavy atom. The monoisotopic (exact) mass is 293 g/mol. The summed E-state index contributed by atoms with van der Waals surface area (Å²) in [5.41, 5.74) is 1.21. The summed E-state index contributed by atoms with van der Waals surface area (Å²) in [5, 5.41) is 8.80. The Hall–Kier alpha value is -0.450. The van der Waals surface area contributed by atoms with E-state index in [1.54, 1.807) is 0 Å². The first kappa shape index (κ1) is 14.5. The summed E-state index contributed by atoms with van der Waals surface area (Å²) in [6.45, 7) is 7.77. The van der Waals surface area contributed by atoms with Crippen LogP contribution >= 0.6 is 11.3 Å². The molecule has 4 unspecified atom stereocenters. The number of hydrogen-bond donors (Lipinski definition) is 2. The lowest BCUT2D eigenvalue weighted by Gasteiger charge is -2.29. The Balaban J connectivity index is 1.65. The number of aromatic nitrogens is 1. The standard InChI is InChI=1S/C16H27N3S/c1-10-16(20-12(3)18-10)11(2)19-15-7-4-6-13(15)14-8-5-9-17-14/h11,13-15,17,19H,4-9H2,1-3H3. The van der Waals surface area contributed by atoms with Gasteiger partial charge in [0.1, 0.15) is 0 Å². The third kappa shape index (κ3) is 2.92. The van der Waals surface area contributed by atoms with Crippen LogP contribution in [0.3, 0.4) is 0 Å². The molecular formula is C16H27N3S. The molecule has 0 aromatic carbocycles. The van der Waals surface area contributed by atoms with E-state index in [0.29, 0.717) is 12.1 Å². The van der Waals surface area contributed by atoms with Gasteiger partial charge in [0.2, 0.25) is 0 Å². The molecule has 1 aromatic heterocycles. The van der Waals surface area contributed by atoms with Crippen molar-refractivity contribution in [3.63, 3.8) is 0 Å². The highest BCUT2D eigenvalue weighted by Crippen LogP contribution is 2.34.